The molecule has 34 heavy (non-hydrogen) atoms. The fourth-order valence-corrected chi connectivity index (χ4v) is 10.2. The zero-order chi connectivity index (χ0) is 24.9. The maximum Gasteiger partial charge on any atom is 0.313 e. The van der Waals surface area contributed by atoms with Crippen molar-refractivity contribution in [3.8, 4) is 0 Å². The topological polar surface area (TPSA) is 63.6 Å². The number of esters is 1. The Morgan fingerprint density at radius 1 is 1.03 bits per heavy atom. The third-order valence-electron chi connectivity index (χ3n) is 11.8. The van der Waals surface area contributed by atoms with Crippen LogP contribution in [0.15, 0.2) is 11.6 Å². The summed E-state index contributed by atoms with van der Waals surface area (Å²) >= 11 is 0. The van der Waals surface area contributed by atoms with Crippen molar-refractivity contribution in [1.82, 2.24) is 0 Å². The average Bonchev–Trinajstić information content (AvgIpc) is 3.15. The number of fused-ring (bicyclic) bond motifs is 4. The first kappa shape index (κ1) is 24.5. The summed E-state index contributed by atoms with van der Waals surface area (Å²) in [6.07, 6.45) is 9.81. The van der Waals surface area contributed by atoms with Crippen molar-refractivity contribution in [3.05, 3.63) is 11.6 Å². The molecule has 1 aliphatic heterocycles. The van der Waals surface area contributed by atoms with Crippen LogP contribution in [-0.4, -0.2) is 28.6 Å². The Kier molecular flexibility index (Phi) is 5.36. The molecule has 0 aromatic carbocycles. The Balaban J connectivity index is 1.52. The molecule has 0 aromatic heterocycles. The Morgan fingerprint density at radius 2 is 1.74 bits per heavy atom. The predicted molar refractivity (Wildman–Crippen MR) is 133 cm³/mol. The minimum absolute atomic E-state index is 0.0153. The number of hydrogen-bond donors (Lipinski definition) is 1. The van der Waals surface area contributed by atoms with Crippen molar-refractivity contribution in [2.24, 2.45) is 45.3 Å². The van der Waals surface area contributed by atoms with Crippen LogP contribution in [0, 0.1) is 45.3 Å². The van der Waals surface area contributed by atoms with Crippen LogP contribution in [0.25, 0.3) is 0 Å². The number of hydrogen-bond acceptors (Lipinski definition) is 4. The van der Waals surface area contributed by atoms with Gasteiger partial charge in [-0.05, 0) is 80.5 Å². The lowest BCUT2D eigenvalue weighted by atomic mass is 9.41. The van der Waals surface area contributed by atoms with Crippen molar-refractivity contribution < 1.29 is 19.4 Å². The van der Waals surface area contributed by atoms with Gasteiger partial charge in [0.2, 0.25) is 0 Å². The van der Waals surface area contributed by atoms with E-state index in [2.05, 4.69) is 54.5 Å². The maximum atomic E-state index is 13.8. The van der Waals surface area contributed by atoms with Gasteiger partial charge in [0.25, 0.3) is 0 Å². The Labute approximate surface area is 206 Å². The van der Waals surface area contributed by atoms with Crippen molar-refractivity contribution in [1.29, 1.82) is 0 Å². The van der Waals surface area contributed by atoms with Crippen molar-refractivity contribution in [2.45, 2.75) is 118 Å². The highest BCUT2D eigenvalue weighted by atomic mass is 16.6. The van der Waals surface area contributed by atoms with Crippen LogP contribution in [-0.2, 0) is 14.3 Å². The van der Waals surface area contributed by atoms with Crippen LogP contribution in [0.4, 0.5) is 0 Å². The van der Waals surface area contributed by atoms with E-state index in [4.69, 9.17) is 4.74 Å². The van der Waals surface area contributed by atoms with E-state index in [1.165, 1.54) is 0 Å². The summed E-state index contributed by atoms with van der Waals surface area (Å²) in [6.45, 7) is 15.5. The molecule has 0 aromatic rings. The SMILES string of the molecule is CC(C)CC(O)CC1(C)OC(=O)[C@]23CC=C4[C@@H](CC[C@H]5C(C)(C)C(=O)CC[C@]45C)[C@]2(C)CC[C@H]13. The van der Waals surface area contributed by atoms with Gasteiger partial charge in [-0.25, -0.2) is 0 Å². The van der Waals surface area contributed by atoms with Crippen LogP contribution in [0.2, 0.25) is 0 Å². The van der Waals surface area contributed by atoms with Gasteiger partial charge >= 0.3 is 5.97 Å². The lowest BCUT2D eigenvalue weighted by molar-refractivity contribution is -0.163. The molecule has 4 aliphatic carbocycles. The van der Waals surface area contributed by atoms with Crippen LogP contribution < -0.4 is 0 Å². The number of Topliss-reactive ketones (excluding diaryl/α,β-unsaturated/α-hetero) is 1. The first-order valence-electron chi connectivity index (χ1n) is 13.9. The molecule has 1 N–H and O–H groups in total. The summed E-state index contributed by atoms with van der Waals surface area (Å²) in [6, 6.07) is 0. The summed E-state index contributed by atoms with van der Waals surface area (Å²) in [5, 5.41) is 10.8. The van der Waals surface area contributed by atoms with Gasteiger partial charge in [-0.2, -0.15) is 0 Å². The van der Waals surface area contributed by atoms with Gasteiger partial charge in [0.1, 0.15) is 11.4 Å². The zero-order valence-electron chi connectivity index (χ0n) is 22.5. The van der Waals surface area contributed by atoms with E-state index in [0.29, 0.717) is 36.4 Å². The van der Waals surface area contributed by atoms with Gasteiger partial charge in [-0.3, -0.25) is 9.59 Å². The normalized spacial score (nSPS) is 47.9. The van der Waals surface area contributed by atoms with E-state index >= 15 is 0 Å². The standard InChI is InChI=1S/C30H46O4/c1-18(2)16-19(31)17-29(7)23-11-14-28(6)21-8-9-22-26(3,4)24(32)12-13-27(22,5)20(21)10-15-30(23,28)25(33)34-29/h10,18-19,21-23,31H,8-9,11-17H2,1-7H3/t19?,21-,22+,23-,27-,28+,29?,30-/m1/s1. The molecule has 4 fully saturated rings. The lowest BCUT2D eigenvalue weighted by Crippen LogP contribution is -2.58. The largest absolute Gasteiger partial charge is 0.458 e. The number of allylic oxidation sites excluding steroid dienone is 2. The number of carbonyl (C=O) groups excluding carboxylic acids is 2. The van der Waals surface area contributed by atoms with Crippen LogP contribution in [0.5, 0.6) is 0 Å². The second-order valence-electron chi connectivity index (χ2n) is 14.3. The third-order valence-corrected chi connectivity index (χ3v) is 11.8. The summed E-state index contributed by atoms with van der Waals surface area (Å²) < 4.78 is 6.28. The molecular weight excluding hydrogens is 424 g/mol. The van der Waals surface area contributed by atoms with E-state index in [0.717, 1.165) is 44.9 Å². The smallest absolute Gasteiger partial charge is 0.313 e. The number of cyclic esters (lactones) is 1. The zero-order valence-corrected chi connectivity index (χ0v) is 22.5. The molecule has 2 unspecified atom stereocenters. The number of rotatable bonds is 4. The molecule has 0 radical (unpaired) electrons. The Bertz CT molecular complexity index is 932. The molecule has 5 rings (SSSR count). The fraction of sp³-hybridized carbons (Fsp3) is 0.867. The van der Waals surface area contributed by atoms with Gasteiger partial charge in [0, 0.05) is 24.2 Å². The Morgan fingerprint density at radius 3 is 2.41 bits per heavy atom. The molecular formula is C30H46O4. The van der Waals surface area contributed by atoms with E-state index in [-0.39, 0.29) is 28.1 Å². The van der Waals surface area contributed by atoms with Crippen LogP contribution >= 0.6 is 0 Å². The highest BCUT2D eigenvalue weighted by Crippen LogP contribution is 2.75. The number of aliphatic hydroxyl groups excluding tert-OH is 1. The monoisotopic (exact) mass is 470 g/mol. The molecule has 8 atom stereocenters. The fourth-order valence-electron chi connectivity index (χ4n) is 10.2. The quantitative estimate of drug-likeness (QED) is 0.389. The van der Waals surface area contributed by atoms with Gasteiger partial charge < -0.3 is 9.84 Å². The second kappa shape index (κ2) is 7.43. The number of aliphatic hydroxyl groups is 1. The molecule has 1 saturated heterocycles. The number of ether oxygens (including phenoxy) is 1. The van der Waals surface area contributed by atoms with Crippen LogP contribution in [0.3, 0.4) is 0 Å². The van der Waals surface area contributed by atoms with E-state index in [1.807, 2.05) is 0 Å². The van der Waals surface area contributed by atoms with Gasteiger partial charge in [-0.1, -0.05) is 53.2 Å². The molecule has 3 saturated carbocycles. The average molecular weight is 471 g/mol. The molecule has 5 aliphatic rings. The van der Waals surface area contributed by atoms with Crippen molar-refractivity contribution in [3.63, 3.8) is 0 Å². The summed E-state index contributed by atoms with van der Waals surface area (Å²) in [5.74, 6) is 1.74. The first-order valence-corrected chi connectivity index (χ1v) is 13.9. The number of ketones is 1. The van der Waals surface area contributed by atoms with E-state index < -0.39 is 17.1 Å². The third kappa shape index (κ3) is 2.93. The Hall–Kier alpha value is -1.16. The maximum absolute atomic E-state index is 13.8. The second-order valence-corrected chi connectivity index (χ2v) is 14.3. The molecule has 0 amide bonds. The van der Waals surface area contributed by atoms with Crippen molar-refractivity contribution in [2.75, 3.05) is 0 Å². The van der Waals surface area contributed by atoms with Gasteiger partial charge in [0.15, 0.2) is 0 Å². The molecule has 1 heterocycles. The molecule has 1 spiro atoms. The summed E-state index contributed by atoms with van der Waals surface area (Å²) in [7, 11) is 0. The highest BCUT2D eigenvalue weighted by Gasteiger charge is 2.76. The van der Waals surface area contributed by atoms with Crippen LogP contribution in [0.1, 0.15) is 106 Å². The molecule has 190 valence electrons. The van der Waals surface area contributed by atoms with Gasteiger partial charge in [0.05, 0.1) is 11.5 Å². The molecule has 0 bridgehead atoms. The summed E-state index contributed by atoms with van der Waals surface area (Å²) in [4.78, 5) is 26.7. The summed E-state index contributed by atoms with van der Waals surface area (Å²) in [5.41, 5.74) is 0.136. The first-order chi connectivity index (χ1) is 15.7. The van der Waals surface area contributed by atoms with Gasteiger partial charge in [-0.15, -0.1) is 0 Å². The molecule has 4 nitrogen and oxygen atoms in total. The minimum atomic E-state index is -0.588. The van der Waals surface area contributed by atoms with E-state index in [9.17, 15) is 14.7 Å². The number of carbonyl (C=O) groups is 2. The van der Waals surface area contributed by atoms with E-state index in [1.54, 1.807) is 5.57 Å². The highest BCUT2D eigenvalue weighted by molar-refractivity contribution is 5.86. The molecule has 4 heteroatoms. The predicted octanol–water partition coefficient (Wildman–Crippen LogP) is 6.25. The lowest BCUT2D eigenvalue weighted by Gasteiger charge is -2.61. The van der Waals surface area contributed by atoms with Crippen molar-refractivity contribution >= 4 is 11.8 Å². The minimum Gasteiger partial charge on any atom is -0.458 e.